The Hall–Kier alpha value is -3.64. The Bertz CT molecular complexity index is 1100. The number of carbonyl (C=O) groups excluding carboxylic acids is 2. The third kappa shape index (κ3) is 4.91. The number of aliphatic hydroxyl groups excluding tert-OH is 1. The lowest BCUT2D eigenvalue weighted by Gasteiger charge is -2.34. The van der Waals surface area contributed by atoms with Gasteiger partial charge in [-0.2, -0.15) is 0 Å². The van der Waals surface area contributed by atoms with Gasteiger partial charge in [-0.3, -0.25) is 14.6 Å². The number of nitrogens with two attached hydrogens (primary N) is 1. The monoisotopic (exact) mass is 464 g/mol. The van der Waals surface area contributed by atoms with Crippen LogP contribution in [0.3, 0.4) is 0 Å². The van der Waals surface area contributed by atoms with Crippen molar-refractivity contribution in [2.45, 2.75) is 25.1 Å². The second-order valence-electron chi connectivity index (χ2n) is 7.33. The maximum absolute atomic E-state index is 12.8. The predicted octanol–water partition coefficient (Wildman–Crippen LogP) is 1.54. The highest BCUT2D eigenvalue weighted by Crippen LogP contribution is 2.27. The van der Waals surface area contributed by atoms with Gasteiger partial charge in [0.2, 0.25) is 0 Å². The molecule has 9 nitrogen and oxygen atoms in total. The van der Waals surface area contributed by atoms with Gasteiger partial charge in [0, 0.05) is 23.5 Å². The lowest BCUT2D eigenvalue weighted by Crippen LogP contribution is -2.55. The van der Waals surface area contributed by atoms with Crippen LogP contribution < -0.4 is 20.7 Å². The van der Waals surface area contributed by atoms with Gasteiger partial charge in [0.15, 0.2) is 12.2 Å². The molecular weight excluding hydrogens is 445 g/mol. The summed E-state index contributed by atoms with van der Waals surface area (Å²) in [4.78, 5) is 30.7. The number of aliphatic hydroxyl groups is 1. The first kappa shape index (κ1) is 22.6. The fourth-order valence-corrected chi connectivity index (χ4v) is 3.58. The van der Waals surface area contributed by atoms with Crippen molar-refractivity contribution in [3.63, 3.8) is 0 Å². The van der Waals surface area contributed by atoms with Crippen LogP contribution in [-0.4, -0.2) is 54.5 Å². The summed E-state index contributed by atoms with van der Waals surface area (Å²) in [5, 5.41) is 13.0. The Labute approximate surface area is 185 Å². The first-order valence-corrected chi connectivity index (χ1v) is 9.83. The number of carbonyl (C=O) groups is 2. The average molecular weight is 464 g/mol. The van der Waals surface area contributed by atoms with Crippen LogP contribution in [0.5, 0.6) is 5.75 Å². The normalized spacial score (nSPS) is 19.0. The zero-order chi connectivity index (χ0) is 23.8. The van der Waals surface area contributed by atoms with Gasteiger partial charge in [-0.05, 0) is 48.0 Å². The number of amidine groups is 1. The number of halogens is 3. The quantitative estimate of drug-likeness (QED) is 0.616. The number of alkyl halides is 3. The van der Waals surface area contributed by atoms with Gasteiger partial charge in [0.05, 0.1) is 13.2 Å². The van der Waals surface area contributed by atoms with Crippen LogP contribution in [-0.2, 0) is 20.9 Å². The van der Waals surface area contributed by atoms with Gasteiger partial charge in [0.1, 0.15) is 11.6 Å². The van der Waals surface area contributed by atoms with Gasteiger partial charge in [-0.15, -0.1) is 13.2 Å². The Morgan fingerprint density at radius 2 is 2.00 bits per heavy atom. The molecule has 4 N–H and O–H groups in total. The van der Waals surface area contributed by atoms with Crippen LogP contribution >= 0.6 is 0 Å². The molecule has 2 aliphatic rings. The number of hydrogen-bond donors (Lipinski definition) is 3. The van der Waals surface area contributed by atoms with Crippen LogP contribution in [0.15, 0.2) is 47.5 Å². The number of morpholine rings is 1. The lowest BCUT2D eigenvalue weighted by molar-refractivity contribution is -0.274. The van der Waals surface area contributed by atoms with Crippen molar-refractivity contribution in [3.8, 4) is 5.75 Å². The van der Waals surface area contributed by atoms with E-state index in [9.17, 15) is 27.9 Å². The largest absolute Gasteiger partial charge is 0.573 e. The van der Waals surface area contributed by atoms with E-state index in [4.69, 9.17) is 10.5 Å². The maximum atomic E-state index is 12.8. The summed E-state index contributed by atoms with van der Waals surface area (Å²) in [7, 11) is 0. The number of nitrogens with zero attached hydrogens (tertiary/aromatic N) is 2. The summed E-state index contributed by atoms with van der Waals surface area (Å²) in [6.07, 6.45) is -8.14. The minimum atomic E-state index is -4.84. The van der Waals surface area contributed by atoms with Crippen LogP contribution in [0, 0.1) is 0 Å². The minimum Gasteiger partial charge on any atom is -0.406 e. The molecular formula is C21H19F3N4O5. The molecule has 174 valence electrons. The van der Waals surface area contributed by atoms with Crippen molar-refractivity contribution in [3.05, 3.63) is 53.6 Å². The van der Waals surface area contributed by atoms with E-state index in [1.807, 2.05) is 0 Å². The van der Waals surface area contributed by atoms with Crippen molar-refractivity contribution in [1.82, 2.24) is 0 Å². The first-order valence-electron chi connectivity index (χ1n) is 9.83. The highest BCUT2D eigenvalue weighted by molar-refractivity contribution is 6.04. The number of benzene rings is 2. The standard InChI is InChI=1S/C21H19F3N4O5/c22-21(23,24)33-14-4-2-13(3-5-14)28-7-8-32-17(20(28)31)16(29)19(30)27-12-1-6-15-11(9-12)10-26-18(15)25/h1-6,9,16-17,29H,7-8,10H2,(H2,25,26)(H,27,30)/t16-,17?/m1/s1. The minimum absolute atomic E-state index is 0.0109. The second-order valence-corrected chi connectivity index (χ2v) is 7.33. The number of anilines is 2. The molecule has 33 heavy (non-hydrogen) atoms. The van der Waals surface area contributed by atoms with E-state index in [-0.39, 0.29) is 18.8 Å². The number of ether oxygens (including phenoxy) is 2. The van der Waals surface area contributed by atoms with E-state index in [0.717, 1.165) is 23.3 Å². The molecule has 4 rings (SSSR count). The summed E-state index contributed by atoms with van der Waals surface area (Å²) >= 11 is 0. The highest BCUT2D eigenvalue weighted by Gasteiger charge is 2.39. The molecule has 2 heterocycles. The Morgan fingerprint density at radius 1 is 1.27 bits per heavy atom. The van der Waals surface area contributed by atoms with Crippen LogP contribution in [0.1, 0.15) is 11.1 Å². The molecule has 0 radical (unpaired) electrons. The lowest BCUT2D eigenvalue weighted by atomic mass is 10.1. The average Bonchev–Trinajstić information content (AvgIpc) is 3.13. The van der Waals surface area contributed by atoms with E-state index >= 15 is 0 Å². The van der Waals surface area contributed by atoms with E-state index in [1.165, 1.54) is 17.0 Å². The molecule has 0 aliphatic carbocycles. The zero-order valence-corrected chi connectivity index (χ0v) is 17.0. The molecule has 2 aliphatic heterocycles. The maximum Gasteiger partial charge on any atom is 0.573 e. The fraction of sp³-hybridized carbons (Fsp3) is 0.286. The van der Waals surface area contributed by atoms with E-state index in [1.54, 1.807) is 18.2 Å². The predicted molar refractivity (Wildman–Crippen MR) is 111 cm³/mol. The number of hydrogen-bond acceptors (Lipinski definition) is 7. The Balaban J connectivity index is 1.42. The number of fused-ring (bicyclic) bond motifs is 1. The Kier molecular flexibility index (Phi) is 5.95. The molecule has 1 fully saturated rings. The molecule has 2 aromatic carbocycles. The molecule has 2 atom stereocenters. The van der Waals surface area contributed by atoms with Crippen LogP contribution in [0.25, 0.3) is 0 Å². The zero-order valence-electron chi connectivity index (χ0n) is 17.0. The van der Waals surface area contributed by atoms with Crippen molar-refractivity contribution in [2.75, 3.05) is 23.4 Å². The molecule has 1 saturated heterocycles. The van der Waals surface area contributed by atoms with Gasteiger partial charge < -0.3 is 30.5 Å². The third-order valence-electron chi connectivity index (χ3n) is 5.13. The molecule has 0 spiro atoms. The molecule has 2 aromatic rings. The topological polar surface area (TPSA) is 126 Å². The first-order chi connectivity index (χ1) is 15.6. The fourth-order valence-electron chi connectivity index (χ4n) is 3.58. The number of amides is 2. The molecule has 12 heteroatoms. The van der Waals surface area contributed by atoms with Gasteiger partial charge in [0.25, 0.3) is 11.8 Å². The summed E-state index contributed by atoms with van der Waals surface area (Å²) in [5.74, 6) is -1.59. The second kappa shape index (κ2) is 8.71. The smallest absolute Gasteiger partial charge is 0.406 e. The van der Waals surface area contributed by atoms with Gasteiger partial charge >= 0.3 is 6.36 Å². The summed E-state index contributed by atoms with van der Waals surface area (Å²) in [6, 6.07) is 9.63. The number of rotatable bonds is 5. The molecule has 0 saturated carbocycles. The highest BCUT2D eigenvalue weighted by atomic mass is 19.4. The van der Waals surface area contributed by atoms with Gasteiger partial charge in [-0.1, -0.05) is 0 Å². The van der Waals surface area contributed by atoms with E-state index in [0.29, 0.717) is 18.1 Å². The van der Waals surface area contributed by atoms with Crippen molar-refractivity contribution in [1.29, 1.82) is 0 Å². The number of nitrogens with one attached hydrogen (secondary N) is 1. The Morgan fingerprint density at radius 3 is 2.70 bits per heavy atom. The molecule has 2 amide bonds. The summed E-state index contributed by atoms with van der Waals surface area (Å²) < 4.78 is 46.1. The SMILES string of the molecule is NC1=NCc2cc(NC(=O)[C@H](O)C3OCCN(c4ccc(OC(F)(F)F)cc4)C3=O)ccc21. The van der Waals surface area contributed by atoms with Gasteiger partial charge in [-0.25, -0.2) is 0 Å². The summed E-state index contributed by atoms with van der Waals surface area (Å²) in [5.41, 5.74) is 8.00. The van der Waals surface area contributed by atoms with Crippen molar-refractivity contribution < 1.29 is 37.3 Å². The number of aliphatic imine (C=N–C) groups is 1. The molecule has 0 aromatic heterocycles. The van der Waals surface area contributed by atoms with E-state index in [2.05, 4.69) is 15.0 Å². The summed E-state index contributed by atoms with van der Waals surface area (Å²) in [6.45, 7) is 0.478. The van der Waals surface area contributed by atoms with E-state index < -0.39 is 36.1 Å². The third-order valence-corrected chi connectivity index (χ3v) is 5.13. The van der Waals surface area contributed by atoms with Crippen LogP contribution in [0.4, 0.5) is 24.5 Å². The molecule has 1 unspecified atom stereocenters. The molecule has 0 bridgehead atoms. The van der Waals surface area contributed by atoms with Crippen molar-refractivity contribution in [2.24, 2.45) is 10.7 Å². The van der Waals surface area contributed by atoms with Crippen molar-refractivity contribution >= 4 is 29.0 Å². The van der Waals surface area contributed by atoms with Crippen LogP contribution in [0.2, 0.25) is 0 Å².